The second-order valence-electron chi connectivity index (χ2n) is 4.45. The van der Waals surface area contributed by atoms with E-state index < -0.39 is 0 Å². The number of hydrogen-bond acceptors (Lipinski definition) is 3. The zero-order chi connectivity index (χ0) is 12.3. The van der Waals surface area contributed by atoms with Crippen molar-refractivity contribution in [2.75, 3.05) is 0 Å². The van der Waals surface area contributed by atoms with Gasteiger partial charge in [0, 0.05) is 0 Å². The number of cyclic esters (lactones) is 2. The van der Waals surface area contributed by atoms with E-state index >= 15 is 0 Å². The number of hydrogen-bond donors (Lipinski definition) is 0. The van der Waals surface area contributed by atoms with Crippen LogP contribution in [0.5, 0.6) is 0 Å². The van der Waals surface area contributed by atoms with E-state index in [0.29, 0.717) is 12.3 Å². The van der Waals surface area contributed by atoms with Gasteiger partial charge >= 0.3 is 11.9 Å². The normalized spacial score (nSPS) is 21.4. The summed E-state index contributed by atoms with van der Waals surface area (Å²) in [4.78, 5) is 22.5. The first-order valence-corrected chi connectivity index (χ1v) is 6.00. The van der Waals surface area contributed by atoms with Gasteiger partial charge in [-0.05, 0) is 24.3 Å². The van der Waals surface area contributed by atoms with Crippen LogP contribution in [0.4, 0.5) is 0 Å². The second kappa shape index (κ2) is 5.13. The van der Waals surface area contributed by atoms with Crippen LogP contribution in [0.25, 0.3) is 0 Å². The Morgan fingerprint density at radius 3 is 2.53 bits per heavy atom. The predicted octanol–water partition coefficient (Wildman–Crippen LogP) is 2.66. The highest BCUT2D eigenvalue weighted by Crippen LogP contribution is 2.31. The molecule has 0 amide bonds. The lowest BCUT2D eigenvalue weighted by Gasteiger charge is -2.17. The van der Waals surface area contributed by atoms with Crippen LogP contribution in [0.15, 0.2) is 30.3 Å². The lowest BCUT2D eigenvalue weighted by Crippen LogP contribution is -2.12. The van der Waals surface area contributed by atoms with Gasteiger partial charge in [-0.2, -0.15) is 0 Å². The molecule has 0 N–H and O–H groups in total. The molecule has 1 aliphatic heterocycles. The molecule has 0 aliphatic carbocycles. The molecule has 0 saturated carbocycles. The molecule has 3 nitrogen and oxygen atoms in total. The van der Waals surface area contributed by atoms with Gasteiger partial charge in [0.05, 0.1) is 12.3 Å². The summed E-state index contributed by atoms with van der Waals surface area (Å²) < 4.78 is 4.58. The average molecular weight is 232 g/mol. The minimum atomic E-state index is -0.386. The van der Waals surface area contributed by atoms with Crippen molar-refractivity contribution in [2.45, 2.75) is 32.1 Å². The molecular weight excluding hydrogens is 216 g/mol. The fourth-order valence-corrected chi connectivity index (χ4v) is 2.31. The van der Waals surface area contributed by atoms with E-state index in [4.69, 9.17) is 0 Å². The molecule has 1 saturated heterocycles. The monoisotopic (exact) mass is 232 g/mol. The Bertz CT molecular complexity index is 411. The number of carbonyl (C=O) groups excluding carboxylic acids is 2. The third-order valence-corrected chi connectivity index (χ3v) is 3.29. The van der Waals surface area contributed by atoms with Gasteiger partial charge in [0.25, 0.3) is 0 Å². The van der Waals surface area contributed by atoms with Gasteiger partial charge in [-0.3, -0.25) is 9.59 Å². The predicted molar refractivity (Wildman–Crippen MR) is 63.3 cm³/mol. The van der Waals surface area contributed by atoms with E-state index in [1.165, 1.54) is 5.56 Å². The Morgan fingerprint density at radius 1 is 1.29 bits per heavy atom. The van der Waals surface area contributed by atoms with Crippen molar-refractivity contribution in [3.8, 4) is 0 Å². The van der Waals surface area contributed by atoms with Crippen LogP contribution >= 0.6 is 0 Å². The van der Waals surface area contributed by atoms with E-state index in [2.05, 4.69) is 23.8 Å². The quantitative estimate of drug-likeness (QED) is 0.592. The molecule has 1 fully saturated rings. The van der Waals surface area contributed by atoms with Crippen molar-refractivity contribution in [3.05, 3.63) is 35.9 Å². The third-order valence-electron chi connectivity index (χ3n) is 3.29. The lowest BCUT2D eigenvalue weighted by molar-refractivity contribution is -0.153. The van der Waals surface area contributed by atoms with E-state index in [1.807, 2.05) is 18.2 Å². The second-order valence-corrected chi connectivity index (χ2v) is 4.45. The van der Waals surface area contributed by atoms with E-state index in [0.717, 1.165) is 6.42 Å². The Hall–Kier alpha value is -1.64. The number of benzene rings is 1. The highest BCUT2D eigenvalue weighted by molar-refractivity contribution is 5.94. The molecule has 2 atom stereocenters. The van der Waals surface area contributed by atoms with Crippen LogP contribution in [0.1, 0.15) is 37.7 Å². The molecule has 17 heavy (non-hydrogen) atoms. The number of esters is 2. The van der Waals surface area contributed by atoms with Crippen molar-refractivity contribution in [3.63, 3.8) is 0 Å². The number of rotatable bonds is 4. The van der Waals surface area contributed by atoms with Crippen molar-refractivity contribution >= 4 is 11.9 Å². The van der Waals surface area contributed by atoms with Crippen molar-refractivity contribution < 1.29 is 14.3 Å². The van der Waals surface area contributed by atoms with Crippen LogP contribution in [-0.4, -0.2) is 11.9 Å². The summed E-state index contributed by atoms with van der Waals surface area (Å²) in [7, 11) is 0. The van der Waals surface area contributed by atoms with Gasteiger partial charge in [-0.15, -0.1) is 0 Å². The van der Waals surface area contributed by atoms with Crippen molar-refractivity contribution in [2.24, 2.45) is 5.92 Å². The summed E-state index contributed by atoms with van der Waals surface area (Å²) in [5.74, 6) is -0.681. The van der Waals surface area contributed by atoms with Gasteiger partial charge in [-0.25, -0.2) is 0 Å². The van der Waals surface area contributed by atoms with Gasteiger partial charge in [0.2, 0.25) is 0 Å². The summed E-state index contributed by atoms with van der Waals surface area (Å²) in [5.41, 5.74) is 1.22. The molecule has 1 aliphatic rings. The SMILES string of the molecule is CCC(CC1CC(=O)OC1=O)c1ccccc1. The highest BCUT2D eigenvalue weighted by atomic mass is 16.6. The molecule has 0 radical (unpaired) electrons. The number of ether oxygens (including phenoxy) is 1. The molecule has 2 rings (SSSR count). The Balaban J connectivity index is 2.06. The summed E-state index contributed by atoms with van der Waals surface area (Å²) >= 11 is 0. The zero-order valence-electron chi connectivity index (χ0n) is 9.89. The molecule has 0 aromatic heterocycles. The zero-order valence-corrected chi connectivity index (χ0v) is 9.89. The van der Waals surface area contributed by atoms with Gasteiger partial charge in [0.15, 0.2) is 0 Å². The Kier molecular flexibility index (Phi) is 3.57. The topological polar surface area (TPSA) is 43.4 Å². The molecule has 1 heterocycles. The molecule has 1 aromatic rings. The fraction of sp³-hybridized carbons (Fsp3) is 0.429. The lowest BCUT2D eigenvalue weighted by atomic mass is 9.86. The summed E-state index contributed by atoms with van der Waals surface area (Å²) in [6, 6.07) is 10.1. The van der Waals surface area contributed by atoms with Gasteiger partial charge in [0.1, 0.15) is 0 Å². The van der Waals surface area contributed by atoms with Crippen molar-refractivity contribution in [1.29, 1.82) is 0 Å². The van der Waals surface area contributed by atoms with Crippen LogP contribution < -0.4 is 0 Å². The molecule has 3 heteroatoms. The molecule has 90 valence electrons. The Labute approximate surface area is 101 Å². The van der Waals surface area contributed by atoms with E-state index in [1.54, 1.807) is 0 Å². The maximum Gasteiger partial charge on any atom is 0.317 e. The van der Waals surface area contributed by atoms with Gasteiger partial charge < -0.3 is 4.74 Å². The largest absolute Gasteiger partial charge is 0.393 e. The smallest absolute Gasteiger partial charge is 0.317 e. The van der Waals surface area contributed by atoms with Crippen LogP contribution in [0.2, 0.25) is 0 Å². The van der Waals surface area contributed by atoms with E-state index in [-0.39, 0.29) is 24.3 Å². The summed E-state index contributed by atoms with van der Waals surface area (Å²) in [6.07, 6.45) is 1.90. The first-order chi connectivity index (χ1) is 8.20. The van der Waals surface area contributed by atoms with Crippen LogP contribution in [0.3, 0.4) is 0 Å². The molecule has 2 unspecified atom stereocenters. The van der Waals surface area contributed by atoms with Gasteiger partial charge in [-0.1, -0.05) is 37.3 Å². The van der Waals surface area contributed by atoms with Crippen molar-refractivity contribution in [1.82, 2.24) is 0 Å². The molecule has 0 spiro atoms. The summed E-state index contributed by atoms with van der Waals surface area (Å²) in [5, 5.41) is 0. The maximum atomic E-state index is 11.4. The highest BCUT2D eigenvalue weighted by Gasteiger charge is 2.34. The van der Waals surface area contributed by atoms with Crippen LogP contribution in [-0.2, 0) is 14.3 Å². The average Bonchev–Trinajstić information content (AvgIpc) is 2.66. The number of carbonyl (C=O) groups is 2. The fourth-order valence-electron chi connectivity index (χ4n) is 2.31. The first kappa shape index (κ1) is 11.8. The van der Waals surface area contributed by atoms with E-state index in [9.17, 15) is 9.59 Å². The minimum Gasteiger partial charge on any atom is -0.393 e. The maximum absolute atomic E-state index is 11.4. The molecule has 1 aromatic carbocycles. The van der Waals surface area contributed by atoms with Crippen LogP contribution in [0, 0.1) is 5.92 Å². The third kappa shape index (κ3) is 2.73. The minimum absolute atomic E-state index is 0.238. The Morgan fingerprint density at radius 2 is 2.00 bits per heavy atom. The standard InChI is InChI=1S/C14H16O3/c1-2-10(11-6-4-3-5-7-11)8-12-9-13(15)17-14(12)16/h3-7,10,12H,2,8-9H2,1H3. The first-order valence-electron chi connectivity index (χ1n) is 6.00. The summed E-state index contributed by atoms with van der Waals surface area (Å²) in [6.45, 7) is 2.10. The molecule has 0 bridgehead atoms. The molecular formula is C14H16O3.